The van der Waals surface area contributed by atoms with Gasteiger partial charge >= 0.3 is 0 Å². The van der Waals surface area contributed by atoms with E-state index in [1.807, 2.05) is 69.6 Å². The first-order valence-corrected chi connectivity index (χ1v) is 10.3. The van der Waals surface area contributed by atoms with Gasteiger partial charge in [-0.1, -0.05) is 37.6 Å². The van der Waals surface area contributed by atoms with E-state index in [9.17, 15) is 5.11 Å². The van der Waals surface area contributed by atoms with E-state index in [4.69, 9.17) is 11.6 Å². The Morgan fingerprint density at radius 1 is 0.931 bits per heavy atom. The van der Waals surface area contributed by atoms with Crippen molar-refractivity contribution in [2.45, 2.75) is 52.3 Å². The van der Waals surface area contributed by atoms with E-state index in [0.717, 1.165) is 27.8 Å². The molecule has 0 aliphatic rings. The van der Waals surface area contributed by atoms with E-state index in [1.54, 1.807) is 0 Å². The number of hydrogen-bond acceptors (Lipinski definition) is 3. The van der Waals surface area contributed by atoms with Crippen molar-refractivity contribution in [2.75, 3.05) is 0 Å². The monoisotopic (exact) mass is 408 g/mol. The average Bonchev–Trinajstić information content (AvgIpc) is 2.67. The zero-order chi connectivity index (χ0) is 21.2. The minimum atomic E-state index is -0.778. The lowest BCUT2D eigenvalue weighted by molar-refractivity contribution is 0.107. The van der Waals surface area contributed by atoms with Crippen molar-refractivity contribution >= 4 is 11.6 Å². The zero-order valence-electron chi connectivity index (χ0n) is 17.7. The summed E-state index contributed by atoms with van der Waals surface area (Å²) in [7, 11) is 0. The second-order valence-corrected chi connectivity index (χ2v) is 9.20. The topological polar surface area (TPSA) is 45.2 Å². The fourth-order valence-electron chi connectivity index (χ4n) is 3.42. The fourth-order valence-corrected chi connectivity index (χ4v) is 3.54. The van der Waals surface area contributed by atoms with Gasteiger partial charge in [0.25, 0.3) is 0 Å². The Morgan fingerprint density at radius 2 is 1.59 bits per heavy atom. The van der Waals surface area contributed by atoms with Crippen LogP contribution in [0.2, 0.25) is 5.02 Å². The predicted octanol–water partition coefficient (Wildman–Crippen LogP) is 6.57. The second-order valence-electron chi connectivity index (χ2n) is 8.77. The summed E-state index contributed by atoms with van der Waals surface area (Å²) in [5, 5.41) is 14.8. The van der Waals surface area contributed by atoms with Crippen molar-refractivity contribution in [3.8, 4) is 22.3 Å². The summed E-state index contributed by atoms with van der Waals surface area (Å²) in [5.74, 6) is 0.369. The van der Waals surface area contributed by atoms with Crippen LogP contribution in [0.5, 0.6) is 0 Å². The first-order valence-electron chi connectivity index (χ1n) is 9.95. The van der Waals surface area contributed by atoms with Crippen LogP contribution < -0.4 is 5.32 Å². The van der Waals surface area contributed by atoms with Gasteiger partial charge in [-0.25, -0.2) is 0 Å². The Kier molecular flexibility index (Phi) is 6.42. The van der Waals surface area contributed by atoms with Crippen LogP contribution in [-0.4, -0.2) is 15.6 Å². The molecule has 3 nitrogen and oxygen atoms in total. The summed E-state index contributed by atoms with van der Waals surface area (Å²) in [6.07, 6.45) is 2.96. The molecule has 1 heterocycles. The first kappa shape index (κ1) is 21.5. The SMILES string of the molecule is CC(C)c1ccncc1-c1cc(-c2ccc(Cl)cc2)cc(C(O)NC(C)(C)C)c1. The standard InChI is InChI=1S/C25H29ClN2O/c1-16(2)22-10-11-27-15-23(22)19-12-18(17-6-8-21(26)9-7-17)13-20(14-19)24(29)28-25(3,4)5/h6-16,24,28-29H,1-5H3. The summed E-state index contributed by atoms with van der Waals surface area (Å²) in [4.78, 5) is 4.36. The third-order valence-corrected chi connectivity index (χ3v) is 5.06. The Hall–Kier alpha value is -2.20. The number of aliphatic hydroxyl groups excluding tert-OH is 1. The summed E-state index contributed by atoms with van der Waals surface area (Å²) >= 11 is 6.08. The highest BCUT2D eigenvalue weighted by molar-refractivity contribution is 6.30. The highest BCUT2D eigenvalue weighted by Gasteiger charge is 2.19. The van der Waals surface area contributed by atoms with Crippen LogP contribution in [-0.2, 0) is 0 Å². The van der Waals surface area contributed by atoms with E-state index in [1.165, 1.54) is 5.56 Å². The minimum Gasteiger partial charge on any atom is -0.374 e. The quantitative estimate of drug-likeness (QED) is 0.469. The van der Waals surface area contributed by atoms with Crippen LogP contribution >= 0.6 is 11.6 Å². The van der Waals surface area contributed by atoms with Crippen LogP contribution in [0.3, 0.4) is 0 Å². The molecule has 3 aromatic rings. The normalized spacial score (nSPS) is 13.0. The van der Waals surface area contributed by atoms with Gasteiger partial charge in [-0.3, -0.25) is 10.3 Å². The van der Waals surface area contributed by atoms with Crippen LogP contribution in [0.15, 0.2) is 60.9 Å². The number of aromatic nitrogens is 1. The molecule has 0 radical (unpaired) electrons. The van der Waals surface area contributed by atoms with Gasteiger partial charge in [0.1, 0.15) is 6.23 Å². The number of pyridine rings is 1. The molecule has 1 aromatic heterocycles. The number of nitrogens with one attached hydrogen (secondary N) is 1. The maximum Gasteiger partial charge on any atom is 0.131 e. The van der Waals surface area contributed by atoms with E-state index < -0.39 is 6.23 Å². The molecule has 29 heavy (non-hydrogen) atoms. The molecule has 152 valence electrons. The van der Waals surface area contributed by atoms with Gasteiger partial charge in [-0.05, 0) is 90.9 Å². The largest absolute Gasteiger partial charge is 0.374 e. The lowest BCUT2D eigenvalue weighted by atomic mass is 9.90. The molecule has 2 N–H and O–H groups in total. The molecule has 0 saturated carbocycles. The molecule has 0 fully saturated rings. The van der Waals surface area contributed by atoms with Gasteiger partial charge in [0.05, 0.1) is 0 Å². The van der Waals surface area contributed by atoms with Crippen LogP contribution in [0.4, 0.5) is 0 Å². The summed E-state index contributed by atoms with van der Waals surface area (Å²) in [5.41, 5.74) is 6.05. The number of halogens is 1. The van der Waals surface area contributed by atoms with E-state index in [-0.39, 0.29) is 5.54 Å². The van der Waals surface area contributed by atoms with E-state index >= 15 is 0 Å². The zero-order valence-corrected chi connectivity index (χ0v) is 18.5. The number of benzene rings is 2. The van der Waals surface area contributed by atoms with Crippen molar-refractivity contribution in [3.63, 3.8) is 0 Å². The maximum absolute atomic E-state index is 10.9. The summed E-state index contributed by atoms with van der Waals surface area (Å²) in [6.45, 7) is 10.5. The van der Waals surface area contributed by atoms with Gasteiger partial charge in [0.2, 0.25) is 0 Å². The molecule has 0 aliphatic carbocycles. The number of rotatable bonds is 5. The van der Waals surface area contributed by atoms with Gasteiger partial charge in [-0.15, -0.1) is 0 Å². The minimum absolute atomic E-state index is 0.215. The molecule has 1 atom stereocenters. The number of aliphatic hydroxyl groups is 1. The highest BCUT2D eigenvalue weighted by Crippen LogP contribution is 2.34. The molecule has 0 spiro atoms. The molecule has 0 amide bonds. The third-order valence-electron chi connectivity index (χ3n) is 4.81. The molecule has 4 heteroatoms. The average molecular weight is 409 g/mol. The van der Waals surface area contributed by atoms with Crippen molar-refractivity contribution < 1.29 is 5.11 Å². The number of nitrogens with zero attached hydrogens (tertiary/aromatic N) is 1. The molecule has 2 aromatic carbocycles. The predicted molar refractivity (Wildman–Crippen MR) is 122 cm³/mol. The van der Waals surface area contributed by atoms with E-state index in [0.29, 0.717) is 10.9 Å². The molecule has 1 unspecified atom stereocenters. The molecular weight excluding hydrogens is 380 g/mol. The Bertz CT molecular complexity index is 975. The Morgan fingerprint density at radius 3 is 2.21 bits per heavy atom. The lowest BCUT2D eigenvalue weighted by Crippen LogP contribution is -2.38. The van der Waals surface area contributed by atoms with Gasteiger partial charge in [0.15, 0.2) is 0 Å². The van der Waals surface area contributed by atoms with Crippen molar-refractivity contribution in [1.29, 1.82) is 0 Å². The summed E-state index contributed by atoms with van der Waals surface area (Å²) < 4.78 is 0. The second kappa shape index (κ2) is 8.66. The molecule has 3 rings (SSSR count). The maximum atomic E-state index is 10.9. The van der Waals surface area contributed by atoms with Crippen LogP contribution in [0, 0.1) is 0 Å². The van der Waals surface area contributed by atoms with Crippen LogP contribution in [0.1, 0.15) is 57.9 Å². The van der Waals surface area contributed by atoms with Gasteiger partial charge in [-0.2, -0.15) is 0 Å². The van der Waals surface area contributed by atoms with Gasteiger partial charge in [0, 0.05) is 28.5 Å². The van der Waals surface area contributed by atoms with Crippen LogP contribution in [0.25, 0.3) is 22.3 Å². The van der Waals surface area contributed by atoms with Gasteiger partial charge < -0.3 is 5.11 Å². The third kappa shape index (κ3) is 5.45. The number of hydrogen-bond donors (Lipinski definition) is 2. The Labute approximate surface area is 178 Å². The van der Waals surface area contributed by atoms with Crippen molar-refractivity contribution in [3.05, 3.63) is 77.1 Å². The molecule has 0 aliphatic heterocycles. The molecule has 0 bridgehead atoms. The first-order chi connectivity index (χ1) is 13.6. The van der Waals surface area contributed by atoms with E-state index in [2.05, 4.69) is 36.3 Å². The Balaban J connectivity index is 2.17. The smallest absolute Gasteiger partial charge is 0.131 e. The highest BCUT2D eigenvalue weighted by atomic mass is 35.5. The molecule has 0 saturated heterocycles. The summed E-state index contributed by atoms with van der Waals surface area (Å²) in [6, 6.07) is 16.1. The fraction of sp³-hybridized carbons (Fsp3) is 0.320. The lowest BCUT2D eigenvalue weighted by Gasteiger charge is -2.26. The van der Waals surface area contributed by atoms with Crippen molar-refractivity contribution in [1.82, 2.24) is 10.3 Å². The van der Waals surface area contributed by atoms with Crippen molar-refractivity contribution in [2.24, 2.45) is 0 Å². The molecular formula is C25H29ClN2O.